The van der Waals surface area contributed by atoms with E-state index in [-0.39, 0.29) is 0 Å². The highest BCUT2D eigenvalue weighted by Crippen LogP contribution is 2.25. The van der Waals surface area contributed by atoms with Gasteiger partial charge in [-0.25, -0.2) is 9.67 Å². The number of hydrogen-bond donors (Lipinski definition) is 1. The summed E-state index contributed by atoms with van der Waals surface area (Å²) >= 11 is 1.83. The maximum Gasteiger partial charge on any atom is 0.176 e. The van der Waals surface area contributed by atoms with Gasteiger partial charge in [0.2, 0.25) is 0 Å². The van der Waals surface area contributed by atoms with E-state index in [2.05, 4.69) is 40.7 Å². The van der Waals surface area contributed by atoms with Crippen molar-refractivity contribution >= 4 is 11.3 Å². The Bertz CT molecular complexity index is 607. The van der Waals surface area contributed by atoms with Gasteiger partial charge in [-0.15, -0.1) is 11.3 Å². The first kappa shape index (κ1) is 14.7. The largest absolute Gasteiger partial charge is 0.377 e. The molecule has 6 heteroatoms. The Hall–Kier alpha value is -1.24. The van der Waals surface area contributed by atoms with Crippen molar-refractivity contribution in [3.63, 3.8) is 0 Å². The van der Waals surface area contributed by atoms with Gasteiger partial charge in [0.25, 0.3) is 0 Å². The molecule has 2 atom stereocenters. The van der Waals surface area contributed by atoms with Crippen LogP contribution < -0.4 is 5.32 Å². The minimum Gasteiger partial charge on any atom is -0.377 e. The van der Waals surface area contributed by atoms with Crippen molar-refractivity contribution in [1.29, 1.82) is 0 Å². The maximum absolute atomic E-state index is 5.11. The Morgan fingerprint density at radius 1 is 1.57 bits per heavy atom. The summed E-state index contributed by atoms with van der Waals surface area (Å²) < 4.78 is 7.14. The molecular weight excluding hydrogens is 284 g/mol. The highest BCUT2D eigenvalue weighted by molar-refractivity contribution is 7.10. The number of ether oxygens (including phenoxy) is 1. The second-order valence-electron chi connectivity index (χ2n) is 5.65. The van der Waals surface area contributed by atoms with E-state index in [9.17, 15) is 0 Å². The highest BCUT2D eigenvalue weighted by atomic mass is 32.1. The Morgan fingerprint density at radius 2 is 2.43 bits per heavy atom. The standard InChI is InChI=1S/C15H22N4OS/c1-10-6-7-21-15(10)11(2)16-12-4-5-14-17-13(9-20-3)18-19(14)8-12/h6-7,11-12,16H,4-5,8-9H2,1-3H3/t11-,12-/m1/s1. The summed E-state index contributed by atoms with van der Waals surface area (Å²) in [6.07, 6.45) is 2.09. The van der Waals surface area contributed by atoms with Crippen LogP contribution in [0.2, 0.25) is 0 Å². The number of fused-ring (bicyclic) bond motifs is 1. The highest BCUT2D eigenvalue weighted by Gasteiger charge is 2.23. The van der Waals surface area contributed by atoms with Crippen LogP contribution in [0.3, 0.4) is 0 Å². The first-order valence-electron chi connectivity index (χ1n) is 7.39. The van der Waals surface area contributed by atoms with Gasteiger partial charge in [-0.1, -0.05) is 0 Å². The third-order valence-corrected chi connectivity index (χ3v) is 5.16. The molecule has 0 aliphatic carbocycles. The van der Waals surface area contributed by atoms with Gasteiger partial charge in [-0.3, -0.25) is 0 Å². The molecule has 1 aliphatic rings. The molecule has 1 aliphatic heterocycles. The van der Waals surface area contributed by atoms with E-state index in [1.165, 1.54) is 10.4 Å². The third kappa shape index (κ3) is 3.17. The summed E-state index contributed by atoms with van der Waals surface area (Å²) in [6, 6.07) is 3.02. The SMILES string of the molecule is COCc1nc2n(n1)C[C@H](N[C@H](C)c1sccc1C)CC2. The van der Waals surface area contributed by atoms with Crippen LogP contribution >= 0.6 is 11.3 Å². The van der Waals surface area contributed by atoms with Gasteiger partial charge in [-0.2, -0.15) is 5.10 Å². The Kier molecular flexibility index (Phi) is 4.37. The molecule has 0 fully saturated rings. The number of thiophene rings is 1. The lowest BCUT2D eigenvalue weighted by atomic mass is 10.1. The van der Waals surface area contributed by atoms with E-state index >= 15 is 0 Å². The van der Waals surface area contributed by atoms with Gasteiger partial charge in [0.1, 0.15) is 12.4 Å². The molecule has 21 heavy (non-hydrogen) atoms. The Labute approximate surface area is 129 Å². The molecule has 2 aromatic rings. The molecule has 0 bridgehead atoms. The zero-order valence-corrected chi connectivity index (χ0v) is 13.6. The average Bonchev–Trinajstić information content (AvgIpc) is 3.04. The number of aromatic nitrogens is 3. The summed E-state index contributed by atoms with van der Waals surface area (Å²) in [5.41, 5.74) is 1.37. The maximum atomic E-state index is 5.11. The first-order valence-corrected chi connectivity index (χ1v) is 8.27. The molecule has 0 aromatic carbocycles. The predicted octanol–water partition coefficient (Wildman–Crippen LogP) is 2.46. The lowest BCUT2D eigenvalue weighted by molar-refractivity contribution is 0.177. The molecule has 2 aromatic heterocycles. The molecule has 0 saturated heterocycles. The number of nitrogens with one attached hydrogen (secondary N) is 1. The van der Waals surface area contributed by atoms with E-state index in [1.807, 2.05) is 16.0 Å². The van der Waals surface area contributed by atoms with Crippen molar-refractivity contribution in [3.05, 3.63) is 33.5 Å². The number of methoxy groups -OCH3 is 1. The van der Waals surface area contributed by atoms with E-state index in [0.717, 1.165) is 31.0 Å². The van der Waals surface area contributed by atoms with Crippen LogP contribution in [-0.4, -0.2) is 27.9 Å². The Balaban J connectivity index is 1.64. The van der Waals surface area contributed by atoms with E-state index < -0.39 is 0 Å². The molecule has 114 valence electrons. The van der Waals surface area contributed by atoms with E-state index in [0.29, 0.717) is 18.7 Å². The zero-order chi connectivity index (χ0) is 14.8. The van der Waals surface area contributed by atoms with Crippen LogP contribution in [0.5, 0.6) is 0 Å². The fourth-order valence-electron chi connectivity index (χ4n) is 2.94. The van der Waals surface area contributed by atoms with E-state index in [1.54, 1.807) is 7.11 Å². The minimum atomic E-state index is 0.388. The van der Waals surface area contributed by atoms with Crippen molar-refractivity contribution in [1.82, 2.24) is 20.1 Å². The number of rotatable bonds is 5. The molecule has 3 heterocycles. The fraction of sp³-hybridized carbons (Fsp3) is 0.600. The average molecular weight is 306 g/mol. The minimum absolute atomic E-state index is 0.388. The second-order valence-corrected chi connectivity index (χ2v) is 6.60. The van der Waals surface area contributed by atoms with Gasteiger partial charge in [-0.05, 0) is 37.3 Å². The second kappa shape index (κ2) is 6.25. The topological polar surface area (TPSA) is 52.0 Å². The summed E-state index contributed by atoms with van der Waals surface area (Å²) in [4.78, 5) is 5.95. The lowest BCUT2D eigenvalue weighted by Gasteiger charge is -2.27. The van der Waals surface area contributed by atoms with Crippen molar-refractivity contribution in [2.45, 2.75) is 51.9 Å². The van der Waals surface area contributed by atoms with Crippen molar-refractivity contribution < 1.29 is 4.74 Å². The van der Waals surface area contributed by atoms with Crippen LogP contribution in [0.25, 0.3) is 0 Å². The third-order valence-electron chi connectivity index (χ3n) is 3.96. The van der Waals surface area contributed by atoms with Gasteiger partial charge < -0.3 is 10.1 Å². The fourth-order valence-corrected chi connectivity index (χ4v) is 3.89. The van der Waals surface area contributed by atoms with Crippen molar-refractivity contribution in [3.8, 4) is 0 Å². The summed E-state index contributed by atoms with van der Waals surface area (Å²) in [6.45, 7) is 5.80. The molecule has 0 spiro atoms. The molecular formula is C15H22N4OS. The Morgan fingerprint density at radius 3 is 3.14 bits per heavy atom. The van der Waals surface area contributed by atoms with Gasteiger partial charge in [0.05, 0.1) is 6.54 Å². The van der Waals surface area contributed by atoms with Crippen molar-refractivity contribution in [2.24, 2.45) is 0 Å². The molecule has 0 saturated carbocycles. The number of hydrogen-bond acceptors (Lipinski definition) is 5. The molecule has 3 rings (SSSR count). The molecule has 0 amide bonds. The van der Waals surface area contributed by atoms with Gasteiger partial charge >= 0.3 is 0 Å². The van der Waals surface area contributed by atoms with Crippen molar-refractivity contribution in [2.75, 3.05) is 7.11 Å². The molecule has 1 N–H and O–H groups in total. The van der Waals surface area contributed by atoms with Crippen LogP contribution in [-0.2, 0) is 24.3 Å². The molecule has 5 nitrogen and oxygen atoms in total. The smallest absolute Gasteiger partial charge is 0.176 e. The quantitative estimate of drug-likeness (QED) is 0.922. The summed E-state index contributed by atoms with van der Waals surface area (Å²) in [5, 5.41) is 10.4. The summed E-state index contributed by atoms with van der Waals surface area (Å²) in [5.74, 6) is 1.87. The normalized spacial score (nSPS) is 19.5. The van der Waals surface area contributed by atoms with Crippen LogP contribution in [0, 0.1) is 6.92 Å². The van der Waals surface area contributed by atoms with Crippen LogP contribution in [0.4, 0.5) is 0 Å². The first-order chi connectivity index (χ1) is 10.2. The predicted molar refractivity (Wildman–Crippen MR) is 83.5 cm³/mol. The number of nitrogens with zero attached hydrogens (tertiary/aromatic N) is 3. The van der Waals surface area contributed by atoms with Gasteiger partial charge in [0.15, 0.2) is 5.82 Å². The van der Waals surface area contributed by atoms with Crippen LogP contribution in [0.1, 0.15) is 41.5 Å². The van der Waals surface area contributed by atoms with Crippen LogP contribution in [0.15, 0.2) is 11.4 Å². The van der Waals surface area contributed by atoms with Gasteiger partial charge in [0, 0.05) is 30.5 Å². The lowest BCUT2D eigenvalue weighted by Crippen LogP contribution is -2.39. The van der Waals surface area contributed by atoms with E-state index in [4.69, 9.17) is 4.74 Å². The monoisotopic (exact) mass is 306 g/mol. The zero-order valence-electron chi connectivity index (χ0n) is 12.8. The number of aryl methyl sites for hydroxylation is 2. The molecule has 0 unspecified atom stereocenters. The summed E-state index contributed by atoms with van der Waals surface area (Å²) in [7, 11) is 1.68. The molecule has 0 radical (unpaired) electrons.